The molecule has 0 atom stereocenters. The highest BCUT2D eigenvalue weighted by molar-refractivity contribution is 5.89. The molecule has 0 aliphatic heterocycles. The van der Waals surface area contributed by atoms with E-state index >= 15 is 0 Å². The SMILES string of the molecule is C#CCN(C(=O)OC(C)(C)C)c1cc(OC)cc(OC)c1. The van der Waals surface area contributed by atoms with Crippen molar-refractivity contribution in [3.05, 3.63) is 18.2 Å². The lowest BCUT2D eigenvalue weighted by Crippen LogP contribution is -2.37. The topological polar surface area (TPSA) is 48.0 Å². The second-order valence-corrected chi connectivity index (χ2v) is 5.34. The molecule has 0 aliphatic carbocycles. The first-order valence-corrected chi connectivity index (χ1v) is 6.47. The number of carbonyl (C=O) groups is 1. The number of carbonyl (C=O) groups excluding carboxylic acids is 1. The Hall–Kier alpha value is -2.35. The molecule has 1 amide bonds. The molecule has 5 heteroatoms. The molecule has 0 aliphatic rings. The summed E-state index contributed by atoms with van der Waals surface area (Å²) >= 11 is 0. The van der Waals surface area contributed by atoms with Crippen LogP contribution in [-0.4, -0.2) is 32.5 Å². The number of anilines is 1. The largest absolute Gasteiger partial charge is 0.497 e. The predicted octanol–water partition coefficient (Wildman–Crippen LogP) is 3.08. The Labute approximate surface area is 125 Å². The molecule has 0 fully saturated rings. The maximum absolute atomic E-state index is 12.3. The van der Waals surface area contributed by atoms with E-state index in [0.29, 0.717) is 17.2 Å². The van der Waals surface area contributed by atoms with E-state index in [2.05, 4.69) is 5.92 Å². The molecule has 0 aromatic heterocycles. The van der Waals surface area contributed by atoms with Crippen LogP contribution in [0.2, 0.25) is 0 Å². The summed E-state index contributed by atoms with van der Waals surface area (Å²) in [7, 11) is 3.08. The van der Waals surface area contributed by atoms with Gasteiger partial charge in [0.15, 0.2) is 0 Å². The number of hydrogen-bond acceptors (Lipinski definition) is 4. The number of ether oxygens (including phenoxy) is 3. The number of amides is 1. The monoisotopic (exact) mass is 291 g/mol. The van der Waals surface area contributed by atoms with Crippen LogP contribution in [0, 0.1) is 12.3 Å². The van der Waals surface area contributed by atoms with Gasteiger partial charge in [0.05, 0.1) is 26.5 Å². The molecule has 0 saturated carbocycles. The van der Waals surface area contributed by atoms with Crippen molar-refractivity contribution in [3.63, 3.8) is 0 Å². The lowest BCUT2D eigenvalue weighted by molar-refractivity contribution is 0.0585. The Bertz CT molecular complexity index is 518. The normalized spacial score (nSPS) is 10.5. The zero-order valence-electron chi connectivity index (χ0n) is 13.1. The van der Waals surface area contributed by atoms with Crippen molar-refractivity contribution in [2.45, 2.75) is 26.4 Å². The van der Waals surface area contributed by atoms with Crippen molar-refractivity contribution in [2.75, 3.05) is 25.7 Å². The van der Waals surface area contributed by atoms with E-state index in [1.54, 1.807) is 39.0 Å². The number of terminal acetylenes is 1. The summed E-state index contributed by atoms with van der Waals surface area (Å²) in [5.41, 5.74) is -0.0502. The van der Waals surface area contributed by atoms with Gasteiger partial charge in [0.1, 0.15) is 17.1 Å². The van der Waals surface area contributed by atoms with Crippen LogP contribution in [0.4, 0.5) is 10.5 Å². The van der Waals surface area contributed by atoms with Gasteiger partial charge in [-0.05, 0) is 20.8 Å². The summed E-state index contributed by atoms with van der Waals surface area (Å²) < 4.78 is 15.8. The summed E-state index contributed by atoms with van der Waals surface area (Å²) in [5, 5.41) is 0. The molecule has 5 nitrogen and oxygen atoms in total. The van der Waals surface area contributed by atoms with E-state index in [1.165, 1.54) is 19.1 Å². The summed E-state index contributed by atoms with van der Waals surface area (Å²) in [5.74, 6) is 3.58. The first kappa shape index (κ1) is 16.7. The third-order valence-electron chi connectivity index (χ3n) is 2.51. The Kier molecular flexibility index (Phi) is 5.48. The molecule has 0 radical (unpaired) electrons. The minimum absolute atomic E-state index is 0.0885. The molecule has 0 N–H and O–H groups in total. The second-order valence-electron chi connectivity index (χ2n) is 5.34. The van der Waals surface area contributed by atoms with Crippen molar-refractivity contribution in [2.24, 2.45) is 0 Å². The quantitative estimate of drug-likeness (QED) is 0.800. The molecule has 0 unspecified atom stereocenters. The van der Waals surface area contributed by atoms with Crippen molar-refractivity contribution in [3.8, 4) is 23.8 Å². The second kappa shape index (κ2) is 6.89. The molecule has 1 aromatic rings. The van der Waals surface area contributed by atoms with Crippen molar-refractivity contribution < 1.29 is 19.0 Å². The molecule has 21 heavy (non-hydrogen) atoms. The van der Waals surface area contributed by atoms with Crippen LogP contribution < -0.4 is 14.4 Å². The molecule has 1 rings (SSSR count). The van der Waals surface area contributed by atoms with Gasteiger partial charge in [-0.3, -0.25) is 4.90 Å². The third kappa shape index (κ3) is 4.92. The fraction of sp³-hybridized carbons (Fsp3) is 0.438. The van der Waals surface area contributed by atoms with Gasteiger partial charge in [-0.15, -0.1) is 6.42 Å². The van der Waals surface area contributed by atoms with Crippen LogP contribution in [0.5, 0.6) is 11.5 Å². The highest BCUT2D eigenvalue weighted by Crippen LogP contribution is 2.29. The molecule has 114 valence electrons. The smallest absolute Gasteiger partial charge is 0.415 e. The van der Waals surface area contributed by atoms with Crippen molar-refractivity contribution >= 4 is 11.8 Å². The lowest BCUT2D eigenvalue weighted by Gasteiger charge is -2.26. The summed E-state index contributed by atoms with van der Waals surface area (Å²) in [6.45, 7) is 5.48. The van der Waals surface area contributed by atoms with Gasteiger partial charge < -0.3 is 14.2 Å². The first-order valence-electron chi connectivity index (χ1n) is 6.47. The molecular formula is C16H21NO4. The predicted molar refractivity (Wildman–Crippen MR) is 82.0 cm³/mol. The van der Waals surface area contributed by atoms with Crippen LogP contribution in [-0.2, 0) is 4.74 Å². The Morgan fingerprint density at radius 3 is 2.10 bits per heavy atom. The summed E-state index contributed by atoms with van der Waals surface area (Å²) in [6, 6.07) is 5.11. The van der Waals surface area contributed by atoms with Gasteiger partial charge >= 0.3 is 6.09 Å². The fourth-order valence-electron chi connectivity index (χ4n) is 1.62. The maximum atomic E-state index is 12.3. The van der Waals surface area contributed by atoms with Crippen LogP contribution in [0.1, 0.15) is 20.8 Å². The number of nitrogens with zero attached hydrogens (tertiary/aromatic N) is 1. The van der Waals surface area contributed by atoms with Crippen molar-refractivity contribution in [1.29, 1.82) is 0 Å². The Morgan fingerprint density at radius 1 is 1.19 bits per heavy atom. The average molecular weight is 291 g/mol. The Morgan fingerprint density at radius 2 is 1.71 bits per heavy atom. The van der Waals surface area contributed by atoms with E-state index in [9.17, 15) is 4.79 Å². The number of benzene rings is 1. The van der Waals surface area contributed by atoms with Crippen LogP contribution in [0.15, 0.2) is 18.2 Å². The highest BCUT2D eigenvalue weighted by atomic mass is 16.6. The third-order valence-corrected chi connectivity index (χ3v) is 2.51. The van der Waals surface area contributed by atoms with Crippen LogP contribution >= 0.6 is 0 Å². The van der Waals surface area contributed by atoms with Crippen LogP contribution in [0.3, 0.4) is 0 Å². The summed E-state index contributed by atoms with van der Waals surface area (Å²) in [4.78, 5) is 13.6. The molecule has 0 bridgehead atoms. The van der Waals surface area contributed by atoms with Gasteiger partial charge in [0.25, 0.3) is 0 Å². The Balaban J connectivity index is 3.16. The zero-order chi connectivity index (χ0) is 16.0. The summed E-state index contributed by atoms with van der Waals surface area (Å²) in [6.07, 6.45) is 4.83. The zero-order valence-corrected chi connectivity index (χ0v) is 13.1. The van der Waals surface area contributed by atoms with Gasteiger partial charge in [0, 0.05) is 18.2 Å². The fourth-order valence-corrected chi connectivity index (χ4v) is 1.62. The van der Waals surface area contributed by atoms with Gasteiger partial charge in [-0.2, -0.15) is 0 Å². The molecule has 0 saturated heterocycles. The van der Waals surface area contributed by atoms with Gasteiger partial charge in [-0.1, -0.05) is 5.92 Å². The van der Waals surface area contributed by atoms with Gasteiger partial charge in [-0.25, -0.2) is 4.79 Å². The first-order chi connectivity index (χ1) is 9.80. The van der Waals surface area contributed by atoms with E-state index in [1.807, 2.05) is 0 Å². The highest BCUT2D eigenvalue weighted by Gasteiger charge is 2.23. The molecule has 0 spiro atoms. The molecule has 1 aromatic carbocycles. The minimum atomic E-state index is -0.604. The standard InChI is InChI=1S/C16H21NO4/c1-7-8-17(15(18)21-16(2,3)4)12-9-13(19-5)11-14(10-12)20-6/h1,9-11H,8H2,2-6H3. The van der Waals surface area contributed by atoms with Crippen molar-refractivity contribution in [1.82, 2.24) is 0 Å². The molecular weight excluding hydrogens is 270 g/mol. The number of rotatable bonds is 4. The van der Waals surface area contributed by atoms with Crippen LogP contribution in [0.25, 0.3) is 0 Å². The van der Waals surface area contributed by atoms with E-state index in [4.69, 9.17) is 20.6 Å². The van der Waals surface area contributed by atoms with E-state index in [0.717, 1.165) is 0 Å². The molecule has 0 heterocycles. The average Bonchev–Trinajstić information content (AvgIpc) is 2.42. The van der Waals surface area contributed by atoms with Gasteiger partial charge in [0.2, 0.25) is 0 Å². The van der Waals surface area contributed by atoms with E-state index < -0.39 is 11.7 Å². The lowest BCUT2D eigenvalue weighted by atomic mass is 10.2. The minimum Gasteiger partial charge on any atom is -0.497 e. The number of hydrogen-bond donors (Lipinski definition) is 0. The van der Waals surface area contributed by atoms with E-state index in [-0.39, 0.29) is 6.54 Å². The maximum Gasteiger partial charge on any atom is 0.415 e. The number of methoxy groups -OCH3 is 2.